The van der Waals surface area contributed by atoms with Gasteiger partial charge in [-0.1, -0.05) is 36.5 Å². The fourth-order valence-electron chi connectivity index (χ4n) is 1.91. The van der Waals surface area contributed by atoms with Crippen LogP contribution >= 0.6 is 35.1 Å². The minimum atomic E-state index is 0.771. The van der Waals surface area contributed by atoms with Crippen molar-refractivity contribution < 1.29 is 0 Å². The number of nitrogens with zero attached hydrogens (tertiary/aromatic N) is 1. The number of anilines is 3. The molecule has 1 aliphatic rings. The summed E-state index contributed by atoms with van der Waals surface area (Å²) in [5.41, 5.74) is 4.35. The highest BCUT2D eigenvalue weighted by molar-refractivity contribution is 14.1. The first kappa shape index (κ1) is 11.0. The lowest BCUT2D eigenvalue weighted by molar-refractivity contribution is 1.48. The molecule has 2 aromatic carbocycles. The van der Waals surface area contributed by atoms with Crippen LogP contribution < -0.4 is 8.43 Å². The second-order valence-corrected chi connectivity index (χ2v) is 5.14. The highest BCUT2D eigenvalue weighted by Gasteiger charge is 2.20. The average molecular weight is 352 g/mol. The van der Waals surface area contributed by atoms with E-state index < -0.39 is 0 Å². The molecule has 0 unspecified atom stereocenters. The maximum Gasteiger partial charge on any atom is 0.113 e. The molecule has 84 valence electrons. The van der Waals surface area contributed by atoms with E-state index in [1.54, 1.807) is 0 Å². The summed E-state index contributed by atoms with van der Waals surface area (Å²) in [7, 11) is 0. The van der Waals surface area contributed by atoms with Gasteiger partial charge >= 0.3 is 0 Å². The summed E-state index contributed by atoms with van der Waals surface area (Å²) in [5.74, 6) is 0. The standard InChI is InChI=1S/C13H9IN2S/c14-16-11-7-3-1-5-9(11)13(17)15-10-6-2-4-8-12(10)16/h1-8H,(H,15,17). The predicted molar refractivity (Wildman–Crippen MR) is 84.4 cm³/mol. The van der Waals surface area contributed by atoms with Crippen LogP contribution in [0.3, 0.4) is 0 Å². The molecular weight excluding hydrogens is 343 g/mol. The second-order valence-electron chi connectivity index (χ2n) is 3.77. The zero-order chi connectivity index (χ0) is 11.8. The molecule has 0 amide bonds. The minimum Gasteiger partial charge on any atom is -0.344 e. The van der Waals surface area contributed by atoms with Crippen LogP contribution in [0.1, 0.15) is 5.56 Å². The number of nitrogens with one attached hydrogen (secondary N) is 1. The van der Waals surface area contributed by atoms with Gasteiger partial charge in [-0.25, -0.2) is 0 Å². The van der Waals surface area contributed by atoms with Gasteiger partial charge in [0.15, 0.2) is 0 Å². The van der Waals surface area contributed by atoms with Crippen LogP contribution in [0.25, 0.3) is 0 Å². The number of para-hydroxylation sites is 3. The summed E-state index contributed by atoms with van der Waals surface area (Å²) < 4.78 is 2.13. The Balaban J connectivity index is 2.26. The van der Waals surface area contributed by atoms with Crippen molar-refractivity contribution in [2.24, 2.45) is 0 Å². The largest absolute Gasteiger partial charge is 0.344 e. The summed E-state index contributed by atoms with van der Waals surface area (Å²) in [6.07, 6.45) is 0. The van der Waals surface area contributed by atoms with E-state index in [2.05, 4.69) is 43.4 Å². The number of hydrogen-bond donors (Lipinski definition) is 1. The van der Waals surface area contributed by atoms with Crippen molar-refractivity contribution in [3.8, 4) is 0 Å². The molecule has 1 heterocycles. The van der Waals surface area contributed by atoms with Crippen LogP contribution in [0.4, 0.5) is 17.1 Å². The van der Waals surface area contributed by atoms with E-state index in [1.807, 2.05) is 36.4 Å². The number of fused-ring (bicyclic) bond motifs is 2. The normalized spacial score (nSPS) is 13.5. The fourth-order valence-corrected chi connectivity index (χ4v) is 3.03. The molecule has 1 aliphatic heterocycles. The Kier molecular flexibility index (Phi) is 2.76. The first-order valence-electron chi connectivity index (χ1n) is 5.23. The fraction of sp³-hybridized carbons (Fsp3) is 0. The molecule has 0 fully saturated rings. The van der Waals surface area contributed by atoms with Gasteiger partial charge in [0.05, 0.1) is 39.9 Å². The summed E-state index contributed by atoms with van der Waals surface area (Å²) in [5, 5.41) is 3.29. The van der Waals surface area contributed by atoms with Gasteiger partial charge in [0.2, 0.25) is 0 Å². The van der Waals surface area contributed by atoms with Gasteiger partial charge in [0, 0.05) is 5.56 Å². The van der Waals surface area contributed by atoms with E-state index in [0.717, 1.165) is 27.6 Å². The molecule has 2 aromatic rings. The van der Waals surface area contributed by atoms with Crippen LogP contribution in [-0.4, -0.2) is 4.99 Å². The topological polar surface area (TPSA) is 15.3 Å². The van der Waals surface area contributed by atoms with Gasteiger partial charge in [-0.2, -0.15) is 0 Å². The van der Waals surface area contributed by atoms with Gasteiger partial charge in [0.25, 0.3) is 0 Å². The number of thiocarbonyl (C=S) groups is 1. The van der Waals surface area contributed by atoms with Gasteiger partial charge < -0.3 is 5.32 Å². The molecule has 0 bridgehead atoms. The first-order chi connectivity index (χ1) is 8.27. The Morgan fingerprint density at radius 2 is 1.59 bits per heavy atom. The van der Waals surface area contributed by atoms with Gasteiger partial charge in [0.1, 0.15) is 4.99 Å². The van der Waals surface area contributed by atoms with Crippen LogP contribution in [0, 0.1) is 0 Å². The lowest BCUT2D eigenvalue weighted by Gasteiger charge is -2.17. The molecule has 1 N–H and O–H groups in total. The van der Waals surface area contributed by atoms with Crippen molar-refractivity contribution >= 4 is 57.1 Å². The number of benzene rings is 2. The second kappa shape index (κ2) is 4.27. The van der Waals surface area contributed by atoms with E-state index in [0.29, 0.717) is 0 Å². The first-order valence-corrected chi connectivity index (χ1v) is 6.60. The lowest BCUT2D eigenvalue weighted by Crippen LogP contribution is -2.09. The Labute approximate surface area is 119 Å². The van der Waals surface area contributed by atoms with Crippen LogP contribution in [0.5, 0.6) is 0 Å². The smallest absolute Gasteiger partial charge is 0.113 e. The van der Waals surface area contributed by atoms with E-state index in [-0.39, 0.29) is 0 Å². The van der Waals surface area contributed by atoms with Crippen LogP contribution in [0.2, 0.25) is 0 Å². The van der Waals surface area contributed by atoms with Crippen LogP contribution in [-0.2, 0) is 0 Å². The zero-order valence-electron chi connectivity index (χ0n) is 8.85. The van der Waals surface area contributed by atoms with Crippen molar-refractivity contribution in [2.75, 3.05) is 8.43 Å². The molecule has 4 heteroatoms. The lowest BCUT2D eigenvalue weighted by atomic mass is 10.2. The highest BCUT2D eigenvalue weighted by atomic mass is 127. The SMILES string of the molecule is S=C1Nc2ccccc2N(I)c2ccccc21. The maximum absolute atomic E-state index is 5.44. The molecule has 0 spiro atoms. The maximum atomic E-state index is 5.44. The molecule has 0 saturated heterocycles. The van der Waals surface area contributed by atoms with Gasteiger partial charge in [-0.3, -0.25) is 3.11 Å². The molecule has 0 radical (unpaired) electrons. The third kappa shape index (κ3) is 1.81. The van der Waals surface area contributed by atoms with E-state index in [1.165, 1.54) is 0 Å². The molecule has 0 aromatic heterocycles. The van der Waals surface area contributed by atoms with Crippen LogP contribution in [0.15, 0.2) is 48.5 Å². The number of rotatable bonds is 0. The quantitative estimate of drug-likeness (QED) is 0.433. The Hall–Kier alpha value is -1.14. The summed E-state index contributed by atoms with van der Waals surface area (Å²) >= 11 is 7.74. The van der Waals surface area contributed by atoms with E-state index in [9.17, 15) is 0 Å². The molecule has 0 aliphatic carbocycles. The van der Waals surface area contributed by atoms with Crippen molar-refractivity contribution in [1.29, 1.82) is 0 Å². The van der Waals surface area contributed by atoms with E-state index in [4.69, 9.17) is 12.2 Å². The molecule has 2 nitrogen and oxygen atoms in total. The van der Waals surface area contributed by atoms with Crippen molar-refractivity contribution in [2.45, 2.75) is 0 Å². The molecule has 0 atom stereocenters. The van der Waals surface area contributed by atoms with Crippen molar-refractivity contribution in [1.82, 2.24) is 0 Å². The number of hydrogen-bond acceptors (Lipinski definition) is 2. The predicted octanol–water partition coefficient (Wildman–Crippen LogP) is 4.28. The van der Waals surface area contributed by atoms with Crippen molar-refractivity contribution in [3.63, 3.8) is 0 Å². The number of halogens is 1. The summed E-state index contributed by atoms with van der Waals surface area (Å²) in [6, 6.07) is 16.3. The molecule has 17 heavy (non-hydrogen) atoms. The van der Waals surface area contributed by atoms with Gasteiger partial charge in [-0.05, 0) is 24.3 Å². The average Bonchev–Trinajstić information content (AvgIpc) is 2.48. The molecular formula is C13H9IN2S. The Bertz CT molecular complexity index is 597. The minimum absolute atomic E-state index is 0.771. The van der Waals surface area contributed by atoms with Gasteiger partial charge in [-0.15, -0.1) is 0 Å². The molecule has 3 rings (SSSR count). The Morgan fingerprint density at radius 1 is 0.941 bits per heavy atom. The Morgan fingerprint density at radius 3 is 2.41 bits per heavy atom. The van der Waals surface area contributed by atoms with Crippen molar-refractivity contribution in [3.05, 3.63) is 54.1 Å². The zero-order valence-corrected chi connectivity index (χ0v) is 11.8. The summed E-state index contributed by atoms with van der Waals surface area (Å²) in [6.45, 7) is 0. The van der Waals surface area contributed by atoms with E-state index >= 15 is 0 Å². The molecule has 0 saturated carbocycles. The monoisotopic (exact) mass is 352 g/mol. The third-order valence-electron chi connectivity index (χ3n) is 2.72. The summed E-state index contributed by atoms with van der Waals surface area (Å²) in [4.78, 5) is 0.771. The highest BCUT2D eigenvalue weighted by Crippen LogP contribution is 2.39. The third-order valence-corrected chi connectivity index (χ3v) is 4.09.